The van der Waals surface area contributed by atoms with E-state index in [1.165, 1.54) is 12.8 Å². The highest BCUT2D eigenvalue weighted by atomic mass is 16.2. The molecule has 98 valence electrons. The number of hydrogen-bond donors (Lipinski definition) is 1. The molecular weight excluding hydrogens is 228 g/mol. The maximum Gasteiger partial charge on any atom is 0.224 e. The molecule has 1 aromatic heterocycles. The Labute approximate surface area is 107 Å². The number of aryl methyl sites for hydroxylation is 1. The number of nitrogens with zero attached hydrogens (tertiary/aromatic N) is 3. The molecule has 0 aromatic carbocycles. The van der Waals surface area contributed by atoms with E-state index in [9.17, 15) is 4.79 Å². The number of carbonyl (C=O) groups excluding carboxylic acids is 1. The van der Waals surface area contributed by atoms with Crippen LogP contribution in [0.15, 0.2) is 18.5 Å². The lowest BCUT2D eigenvalue weighted by Crippen LogP contribution is -2.41. The summed E-state index contributed by atoms with van der Waals surface area (Å²) in [5.74, 6) is 0.939. The number of rotatable bonds is 3. The van der Waals surface area contributed by atoms with Gasteiger partial charge in [-0.1, -0.05) is 0 Å². The van der Waals surface area contributed by atoms with Crippen molar-refractivity contribution in [3.63, 3.8) is 0 Å². The Bertz CT molecular complexity index is 389. The predicted octanol–water partition coefficient (Wildman–Crippen LogP) is 0.484. The van der Waals surface area contributed by atoms with Gasteiger partial charge in [-0.2, -0.15) is 5.10 Å². The van der Waals surface area contributed by atoms with Crippen LogP contribution in [-0.2, 0) is 11.3 Å². The van der Waals surface area contributed by atoms with E-state index in [0.29, 0.717) is 24.9 Å². The minimum atomic E-state index is 0.265. The van der Waals surface area contributed by atoms with Crippen LogP contribution in [0.5, 0.6) is 0 Å². The third-order valence-electron chi connectivity index (χ3n) is 4.07. The van der Waals surface area contributed by atoms with Crippen molar-refractivity contribution < 1.29 is 4.79 Å². The van der Waals surface area contributed by atoms with Gasteiger partial charge in [0.15, 0.2) is 0 Å². The summed E-state index contributed by atoms with van der Waals surface area (Å²) in [7, 11) is 0. The normalized spacial score (nSPS) is 27.2. The molecule has 0 unspecified atom stereocenters. The molecule has 0 saturated carbocycles. The van der Waals surface area contributed by atoms with Crippen molar-refractivity contribution >= 4 is 5.91 Å². The molecule has 2 aliphatic heterocycles. The van der Waals surface area contributed by atoms with Crippen LogP contribution in [0.2, 0.25) is 0 Å². The lowest BCUT2D eigenvalue weighted by Gasteiger charge is -2.24. The van der Waals surface area contributed by atoms with Gasteiger partial charge in [0.2, 0.25) is 5.91 Å². The largest absolute Gasteiger partial charge is 0.341 e. The minimum Gasteiger partial charge on any atom is -0.341 e. The molecule has 2 saturated heterocycles. The number of aromatic nitrogens is 2. The summed E-state index contributed by atoms with van der Waals surface area (Å²) in [6, 6.07) is 2.42. The van der Waals surface area contributed by atoms with Gasteiger partial charge in [0.05, 0.1) is 0 Å². The fraction of sp³-hybridized carbons (Fsp3) is 0.692. The van der Waals surface area contributed by atoms with E-state index in [-0.39, 0.29) is 5.91 Å². The van der Waals surface area contributed by atoms with Gasteiger partial charge in [-0.15, -0.1) is 0 Å². The molecule has 3 heterocycles. The SMILES string of the molecule is O=C(CCn1cccn1)N1C[C@@H]2CCCN[C@@H]2C1. The highest BCUT2D eigenvalue weighted by Gasteiger charge is 2.35. The third-order valence-corrected chi connectivity index (χ3v) is 4.07. The Morgan fingerprint density at radius 3 is 3.17 bits per heavy atom. The van der Waals surface area contributed by atoms with Crippen LogP contribution in [0.1, 0.15) is 19.3 Å². The number of likely N-dealkylation sites (tertiary alicyclic amines) is 1. The van der Waals surface area contributed by atoms with E-state index in [4.69, 9.17) is 0 Å². The highest BCUT2D eigenvalue weighted by molar-refractivity contribution is 5.76. The van der Waals surface area contributed by atoms with Gasteiger partial charge in [0.25, 0.3) is 0 Å². The van der Waals surface area contributed by atoms with Gasteiger partial charge in [-0.3, -0.25) is 9.48 Å². The maximum absolute atomic E-state index is 12.1. The second-order valence-corrected chi connectivity index (χ2v) is 5.28. The Balaban J connectivity index is 1.51. The number of piperidine rings is 1. The monoisotopic (exact) mass is 248 g/mol. The summed E-state index contributed by atoms with van der Waals surface area (Å²) in [5.41, 5.74) is 0. The molecule has 1 aromatic rings. The van der Waals surface area contributed by atoms with E-state index in [1.807, 2.05) is 21.8 Å². The van der Waals surface area contributed by atoms with Crippen LogP contribution in [0.25, 0.3) is 0 Å². The minimum absolute atomic E-state index is 0.265. The van der Waals surface area contributed by atoms with Crippen molar-refractivity contribution in [2.45, 2.75) is 31.8 Å². The van der Waals surface area contributed by atoms with Gasteiger partial charge in [0.1, 0.15) is 0 Å². The van der Waals surface area contributed by atoms with Crippen LogP contribution < -0.4 is 5.32 Å². The van der Waals surface area contributed by atoms with E-state index in [0.717, 1.165) is 19.6 Å². The topological polar surface area (TPSA) is 50.2 Å². The standard InChI is InChI=1S/C13H20N4O/c18-13(4-8-17-7-2-6-15-17)16-9-11-3-1-5-14-12(11)10-16/h2,6-7,11-12,14H,1,3-5,8-10H2/t11-,12+/m0/s1. The van der Waals surface area contributed by atoms with Gasteiger partial charge < -0.3 is 10.2 Å². The maximum atomic E-state index is 12.1. The zero-order chi connectivity index (χ0) is 12.4. The number of hydrogen-bond acceptors (Lipinski definition) is 3. The Morgan fingerprint density at radius 2 is 2.39 bits per heavy atom. The van der Waals surface area contributed by atoms with Crippen molar-refractivity contribution in [1.82, 2.24) is 20.0 Å². The number of carbonyl (C=O) groups is 1. The Kier molecular flexibility index (Phi) is 3.32. The quantitative estimate of drug-likeness (QED) is 0.846. The zero-order valence-electron chi connectivity index (χ0n) is 10.6. The van der Waals surface area contributed by atoms with E-state index < -0.39 is 0 Å². The molecule has 5 nitrogen and oxygen atoms in total. The molecule has 1 amide bonds. The van der Waals surface area contributed by atoms with E-state index in [2.05, 4.69) is 10.4 Å². The van der Waals surface area contributed by atoms with Crippen LogP contribution in [0.4, 0.5) is 0 Å². The molecule has 1 N–H and O–H groups in total. The molecule has 0 aliphatic carbocycles. The molecule has 2 aliphatic rings. The highest BCUT2D eigenvalue weighted by Crippen LogP contribution is 2.25. The van der Waals surface area contributed by atoms with Gasteiger partial charge in [-0.05, 0) is 31.4 Å². The zero-order valence-corrected chi connectivity index (χ0v) is 10.6. The molecule has 0 bridgehead atoms. The van der Waals surface area contributed by atoms with Crippen molar-refractivity contribution in [3.8, 4) is 0 Å². The molecule has 0 radical (unpaired) electrons. The van der Waals surface area contributed by atoms with Crippen LogP contribution in [0, 0.1) is 5.92 Å². The fourth-order valence-electron chi connectivity index (χ4n) is 3.05. The molecule has 5 heteroatoms. The number of fused-ring (bicyclic) bond motifs is 1. The van der Waals surface area contributed by atoms with Gasteiger partial charge in [-0.25, -0.2) is 0 Å². The summed E-state index contributed by atoms with van der Waals surface area (Å²) >= 11 is 0. The average Bonchev–Trinajstić information content (AvgIpc) is 3.04. The van der Waals surface area contributed by atoms with Gasteiger partial charge >= 0.3 is 0 Å². The second kappa shape index (κ2) is 5.10. The first-order valence-corrected chi connectivity index (χ1v) is 6.81. The third kappa shape index (κ3) is 2.41. The molecule has 0 spiro atoms. The number of nitrogens with one attached hydrogen (secondary N) is 1. The average molecular weight is 248 g/mol. The van der Waals surface area contributed by atoms with Crippen molar-refractivity contribution in [2.75, 3.05) is 19.6 Å². The van der Waals surface area contributed by atoms with E-state index in [1.54, 1.807) is 6.20 Å². The fourth-order valence-corrected chi connectivity index (χ4v) is 3.05. The molecule has 2 fully saturated rings. The molecule has 3 rings (SSSR count). The lowest BCUT2D eigenvalue weighted by atomic mass is 9.94. The lowest BCUT2D eigenvalue weighted by molar-refractivity contribution is -0.130. The number of amides is 1. The first-order valence-electron chi connectivity index (χ1n) is 6.81. The molecular formula is C13H20N4O. The first kappa shape index (κ1) is 11.7. The van der Waals surface area contributed by atoms with Crippen molar-refractivity contribution in [2.24, 2.45) is 5.92 Å². The summed E-state index contributed by atoms with van der Waals surface area (Å²) in [5, 5.41) is 7.64. The van der Waals surface area contributed by atoms with Gasteiger partial charge in [0, 0.05) is 44.5 Å². The van der Waals surface area contributed by atoms with Crippen LogP contribution in [0.3, 0.4) is 0 Å². The second-order valence-electron chi connectivity index (χ2n) is 5.28. The summed E-state index contributed by atoms with van der Waals surface area (Å²) in [6.07, 6.45) is 6.72. The predicted molar refractivity (Wildman–Crippen MR) is 67.9 cm³/mol. The van der Waals surface area contributed by atoms with Crippen LogP contribution in [-0.4, -0.2) is 46.3 Å². The van der Waals surface area contributed by atoms with Crippen molar-refractivity contribution in [3.05, 3.63) is 18.5 Å². The Morgan fingerprint density at radius 1 is 1.44 bits per heavy atom. The smallest absolute Gasteiger partial charge is 0.224 e. The first-order chi connectivity index (χ1) is 8.83. The summed E-state index contributed by atoms with van der Waals surface area (Å²) in [6.45, 7) is 3.62. The molecule has 2 atom stereocenters. The van der Waals surface area contributed by atoms with Crippen LogP contribution >= 0.6 is 0 Å². The molecule has 18 heavy (non-hydrogen) atoms. The summed E-state index contributed by atoms with van der Waals surface area (Å²) < 4.78 is 1.82. The van der Waals surface area contributed by atoms with Crippen molar-refractivity contribution in [1.29, 1.82) is 0 Å². The Hall–Kier alpha value is -1.36. The van der Waals surface area contributed by atoms with E-state index >= 15 is 0 Å². The summed E-state index contributed by atoms with van der Waals surface area (Å²) in [4.78, 5) is 14.2.